The van der Waals surface area contributed by atoms with Crippen molar-refractivity contribution in [2.75, 3.05) is 0 Å². The van der Waals surface area contributed by atoms with E-state index in [2.05, 4.69) is 127 Å². The van der Waals surface area contributed by atoms with Crippen LogP contribution in [0.25, 0.3) is 0 Å². The fourth-order valence-electron chi connectivity index (χ4n) is 2.67. The van der Waals surface area contributed by atoms with E-state index in [1.54, 1.807) is 6.07 Å². The van der Waals surface area contributed by atoms with Crippen molar-refractivity contribution in [3.8, 4) is 10.1 Å². The standard InChI is InChI=1S/C18H15P.C7H3FN.Au/c1-4-10-16(11-5-1)19(17-12-6-2-7-13-17)18-14-8-3-9-15-18;1-2-6-3-4-7(8)9-5-6;/h1-15H;3-5H;. The van der Waals surface area contributed by atoms with Crippen LogP contribution in [0.5, 0.6) is 0 Å². The Morgan fingerprint density at radius 2 is 1.10 bits per heavy atom. The predicted octanol–water partition coefficient (Wildman–Crippen LogP) is 4.52. The van der Waals surface area contributed by atoms with Crippen LogP contribution >= 0.6 is 7.92 Å². The van der Waals surface area contributed by atoms with Crippen LogP contribution in [0.3, 0.4) is 0 Å². The molecule has 4 heteroatoms. The Kier molecular flexibility index (Phi) is 8.38. The molecule has 0 aliphatic rings. The zero-order chi connectivity index (χ0) is 20.3. The number of hydrogen-bond donors (Lipinski definition) is 0. The SMILES string of the molecule is Fc1ccc(C#[C][Au])cn1.c1ccc(P(c2ccccc2)c2ccccc2)cc1. The predicted molar refractivity (Wildman–Crippen MR) is 116 cm³/mol. The summed E-state index contributed by atoms with van der Waals surface area (Å²) in [5.41, 5.74) is 0.726. The first kappa shape index (κ1) is 21.2. The van der Waals surface area contributed by atoms with Crippen LogP contribution in [0.2, 0.25) is 0 Å². The molecule has 0 radical (unpaired) electrons. The van der Waals surface area contributed by atoms with Crippen LogP contribution in [-0.2, 0) is 21.1 Å². The second kappa shape index (κ2) is 11.5. The molecule has 0 aliphatic carbocycles. The molecule has 0 amide bonds. The van der Waals surface area contributed by atoms with Gasteiger partial charge in [0.25, 0.3) is 0 Å². The topological polar surface area (TPSA) is 12.9 Å². The molecule has 4 aromatic rings. The normalized spacial score (nSPS) is 9.79. The largest absolute Gasteiger partial charge is 0.0622 e. The van der Waals surface area contributed by atoms with E-state index in [1.807, 2.05) is 0 Å². The van der Waals surface area contributed by atoms with Gasteiger partial charge in [0.05, 0.1) is 0 Å². The molecule has 29 heavy (non-hydrogen) atoms. The van der Waals surface area contributed by atoms with Crippen LogP contribution in [-0.4, -0.2) is 4.98 Å². The number of halogens is 1. The van der Waals surface area contributed by atoms with E-state index in [-0.39, 0.29) is 0 Å². The summed E-state index contributed by atoms with van der Waals surface area (Å²) in [6.45, 7) is 0. The Hall–Kier alpha value is -2.53. The van der Waals surface area contributed by atoms with Crippen LogP contribution in [0, 0.1) is 16.0 Å². The quantitative estimate of drug-likeness (QED) is 0.151. The second-order valence-corrected chi connectivity index (χ2v) is 8.67. The van der Waals surface area contributed by atoms with Crippen LogP contribution in [0.15, 0.2) is 109 Å². The number of aromatic nitrogens is 1. The fraction of sp³-hybridized carbons (Fsp3) is 0. The first-order chi connectivity index (χ1) is 14.3. The van der Waals surface area contributed by atoms with Gasteiger partial charge >= 0.3 is 70.3 Å². The van der Waals surface area contributed by atoms with Gasteiger partial charge < -0.3 is 0 Å². The molecule has 0 atom stereocenters. The van der Waals surface area contributed by atoms with Gasteiger partial charge in [-0.3, -0.25) is 0 Å². The minimum atomic E-state index is -0.475. The summed E-state index contributed by atoms with van der Waals surface area (Å²) in [5.74, 6) is 2.26. The Morgan fingerprint density at radius 3 is 1.45 bits per heavy atom. The molecule has 0 spiro atoms. The van der Waals surface area contributed by atoms with Gasteiger partial charge in [0.1, 0.15) is 0 Å². The number of hydrogen-bond acceptors (Lipinski definition) is 1. The van der Waals surface area contributed by atoms with E-state index >= 15 is 0 Å². The molecule has 0 aliphatic heterocycles. The van der Waals surface area contributed by atoms with Gasteiger partial charge in [-0.25, -0.2) is 0 Å². The molecule has 146 valence electrons. The third kappa shape index (κ3) is 6.50. The molecule has 0 N–H and O–H groups in total. The first-order valence-corrected chi connectivity index (χ1v) is 11.3. The summed E-state index contributed by atoms with van der Waals surface area (Å²) < 4.78 is 14.8. The maximum absolute atomic E-state index is 12.2. The maximum Gasteiger partial charge on any atom is -0.0134 e. The van der Waals surface area contributed by atoms with Crippen molar-refractivity contribution in [2.45, 2.75) is 0 Å². The van der Waals surface area contributed by atoms with Gasteiger partial charge in [0.2, 0.25) is 0 Å². The summed E-state index contributed by atoms with van der Waals surface area (Å²) in [4.78, 5) is 3.42. The van der Waals surface area contributed by atoms with Crippen molar-refractivity contribution in [1.29, 1.82) is 0 Å². The summed E-state index contributed by atoms with van der Waals surface area (Å²) >= 11 is 2.08. The molecular formula is C25H18AuFNP. The van der Waals surface area contributed by atoms with Crippen molar-refractivity contribution in [3.63, 3.8) is 0 Å². The van der Waals surface area contributed by atoms with Crippen LogP contribution < -0.4 is 15.9 Å². The van der Waals surface area contributed by atoms with E-state index in [0.29, 0.717) is 0 Å². The Labute approximate surface area is 184 Å². The zero-order valence-corrected chi connectivity index (χ0v) is 18.5. The van der Waals surface area contributed by atoms with Crippen molar-refractivity contribution in [3.05, 3.63) is 121 Å². The number of pyridine rings is 1. The van der Waals surface area contributed by atoms with E-state index in [9.17, 15) is 4.39 Å². The van der Waals surface area contributed by atoms with Gasteiger partial charge in [-0.05, 0) is 23.8 Å². The van der Waals surface area contributed by atoms with E-state index in [4.69, 9.17) is 0 Å². The zero-order valence-electron chi connectivity index (χ0n) is 15.5. The molecule has 0 bridgehead atoms. The minimum absolute atomic E-state index is 0.446. The summed E-state index contributed by atoms with van der Waals surface area (Å²) in [5, 5.41) is 4.19. The summed E-state index contributed by atoms with van der Waals surface area (Å²) in [6.07, 6.45) is 1.40. The van der Waals surface area contributed by atoms with E-state index in [1.165, 1.54) is 28.2 Å². The van der Waals surface area contributed by atoms with Gasteiger partial charge in [-0.1, -0.05) is 91.0 Å². The fourth-order valence-corrected chi connectivity index (χ4v) is 5.29. The molecule has 0 saturated heterocycles. The monoisotopic (exact) mass is 579 g/mol. The molecule has 1 heterocycles. The van der Waals surface area contributed by atoms with E-state index in [0.717, 1.165) is 5.56 Å². The smallest absolute Gasteiger partial charge is 0.0134 e. The van der Waals surface area contributed by atoms with Crippen molar-refractivity contribution < 1.29 is 25.5 Å². The second-order valence-electron chi connectivity index (χ2n) is 5.91. The molecular weight excluding hydrogens is 561 g/mol. The van der Waals surface area contributed by atoms with Crippen molar-refractivity contribution in [1.82, 2.24) is 4.98 Å². The third-order valence-corrected chi connectivity index (χ3v) is 6.67. The minimum Gasteiger partial charge on any atom is -0.0622 e. The average Bonchev–Trinajstić information content (AvgIpc) is 2.79. The third-order valence-electron chi connectivity index (χ3n) is 3.95. The van der Waals surface area contributed by atoms with Gasteiger partial charge in [-0.15, -0.1) is 0 Å². The summed E-state index contributed by atoms with van der Waals surface area (Å²) in [6, 6.07) is 35.2. The number of nitrogens with zero attached hydrogens (tertiary/aromatic N) is 1. The molecule has 1 nitrogen and oxygen atoms in total. The molecule has 1 aromatic heterocycles. The van der Waals surface area contributed by atoms with Crippen LogP contribution in [0.4, 0.5) is 4.39 Å². The summed E-state index contributed by atoms with van der Waals surface area (Å²) in [7, 11) is -0.446. The average molecular weight is 579 g/mol. The first-order valence-electron chi connectivity index (χ1n) is 8.92. The molecule has 4 rings (SSSR count). The van der Waals surface area contributed by atoms with Gasteiger partial charge in [0, 0.05) is 0 Å². The maximum atomic E-state index is 12.2. The molecule has 3 aromatic carbocycles. The number of benzene rings is 3. The Balaban J connectivity index is 0.000000204. The van der Waals surface area contributed by atoms with Crippen molar-refractivity contribution >= 4 is 23.8 Å². The van der Waals surface area contributed by atoms with Gasteiger partial charge in [0.15, 0.2) is 0 Å². The molecule has 0 fully saturated rings. The van der Waals surface area contributed by atoms with Gasteiger partial charge in [-0.2, -0.15) is 0 Å². The molecule has 0 saturated carbocycles. The Bertz CT molecular complexity index is 966. The van der Waals surface area contributed by atoms with Crippen molar-refractivity contribution in [2.24, 2.45) is 0 Å². The number of rotatable bonds is 3. The van der Waals surface area contributed by atoms with E-state index < -0.39 is 13.9 Å². The molecule has 0 unspecified atom stereocenters. The Morgan fingerprint density at radius 1 is 0.655 bits per heavy atom. The van der Waals surface area contributed by atoms with Crippen LogP contribution in [0.1, 0.15) is 5.56 Å².